The van der Waals surface area contributed by atoms with Gasteiger partial charge in [0.25, 0.3) is 0 Å². The topological polar surface area (TPSA) is 62.3 Å². The van der Waals surface area contributed by atoms with E-state index in [-0.39, 0.29) is 0 Å². The predicted molar refractivity (Wildman–Crippen MR) is 97.8 cm³/mol. The van der Waals surface area contributed by atoms with Gasteiger partial charge in [-0.3, -0.25) is 4.72 Å². The Morgan fingerprint density at radius 2 is 1.83 bits per heavy atom. The molecule has 0 saturated carbocycles. The third kappa shape index (κ3) is 4.71. The number of sulfonamides is 1. The third-order valence-electron chi connectivity index (χ3n) is 4.36. The first-order valence-electron chi connectivity index (χ1n) is 8.22. The third-order valence-corrected chi connectivity index (χ3v) is 4.96. The molecule has 5 nitrogen and oxygen atoms in total. The molecule has 0 unspecified atom stereocenters. The van der Waals surface area contributed by atoms with Gasteiger partial charge in [0, 0.05) is 13.1 Å². The summed E-state index contributed by atoms with van der Waals surface area (Å²) in [5.41, 5.74) is 1.91. The molecule has 0 atom stereocenters. The molecule has 0 amide bonds. The fourth-order valence-corrected chi connectivity index (χ4v) is 3.71. The monoisotopic (exact) mass is 345 g/mol. The minimum atomic E-state index is -3.26. The van der Waals surface area contributed by atoms with Crippen LogP contribution >= 0.6 is 0 Å². The molecule has 1 aromatic carbocycles. The van der Waals surface area contributed by atoms with Crippen LogP contribution in [-0.2, 0) is 16.4 Å². The Hall–Kier alpha value is -2.08. The first-order valence-corrected chi connectivity index (χ1v) is 10.1. The molecule has 1 aromatic heterocycles. The Kier molecular flexibility index (Phi) is 5.04. The number of anilines is 2. The lowest BCUT2D eigenvalue weighted by Crippen LogP contribution is -2.34. The fourth-order valence-electron chi connectivity index (χ4n) is 3.16. The Morgan fingerprint density at radius 1 is 1.12 bits per heavy atom. The predicted octanol–water partition coefficient (Wildman–Crippen LogP) is 2.91. The molecule has 0 aliphatic carbocycles. The minimum Gasteiger partial charge on any atom is -0.357 e. The number of hydrogen-bond acceptors (Lipinski definition) is 4. The van der Waals surface area contributed by atoms with Crippen LogP contribution in [0.3, 0.4) is 0 Å². The van der Waals surface area contributed by atoms with Crippen LogP contribution in [0.4, 0.5) is 11.5 Å². The molecule has 0 radical (unpaired) electrons. The Balaban J connectivity index is 1.54. The van der Waals surface area contributed by atoms with E-state index in [0.717, 1.165) is 50.3 Å². The van der Waals surface area contributed by atoms with Crippen molar-refractivity contribution >= 4 is 21.5 Å². The molecule has 1 saturated heterocycles. The second-order valence-corrected chi connectivity index (χ2v) is 8.15. The van der Waals surface area contributed by atoms with Gasteiger partial charge in [0.05, 0.1) is 18.1 Å². The number of piperidine rings is 1. The summed E-state index contributed by atoms with van der Waals surface area (Å²) >= 11 is 0. The number of hydrogen-bond donors (Lipinski definition) is 1. The van der Waals surface area contributed by atoms with Crippen LogP contribution in [0.25, 0.3) is 0 Å². The zero-order valence-corrected chi connectivity index (χ0v) is 14.7. The Labute approximate surface area is 143 Å². The van der Waals surface area contributed by atoms with Gasteiger partial charge in [-0.25, -0.2) is 13.4 Å². The summed E-state index contributed by atoms with van der Waals surface area (Å²) in [7, 11) is -3.26. The summed E-state index contributed by atoms with van der Waals surface area (Å²) in [5, 5.41) is 0. The lowest BCUT2D eigenvalue weighted by molar-refractivity contribution is 0.402. The maximum Gasteiger partial charge on any atom is 0.229 e. The highest BCUT2D eigenvalue weighted by Gasteiger charge is 2.20. The van der Waals surface area contributed by atoms with Crippen molar-refractivity contribution < 1.29 is 8.42 Å². The molecule has 128 valence electrons. The summed E-state index contributed by atoms with van der Waals surface area (Å²) in [5.74, 6) is 1.63. The van der Waals surface area contributed by atoms with Gasteiger partial charge in [0.2, 0.25) is 10.0 Å². The number of benzene rings is 1. The number of pyridine rings is 1. The SMILES string of the molecule is CS(=O)(=O)Nc1ccc(N2CCC(Cc3ccccc3)CC2)nc1. The molecular weight excluding hydrogens is 322 g/mol. The molecule has 1 fully saturated rings. The first kappa shape index (κ1) is 16.8. The number of nitrogens with zero attached hydrogens (tertiary/aromatic N) is 2. The van der Waals surface area contributed by atoms with Crippen molar-refractivity contribution in [2.75, 3.05) is 29.0 Å². The normalized spacial score (nSPS) is 16.1. The summed E-state index contributed by atoms with van der Waals surface area (Å²) in [6.45, 7) is 1.98. The summed E-state index contributed by atoms with van der Waals surface area (Å²) < 4.78 is 24.9. The van der Waals surface area contributed by atoms with E-state index in [1.54, 1.807) is 12.3 Å². The van der Waals surface area contributed by atoms with Crippen LogP contribution in [0.1, 0.15) is 18.4 Å². The fraction of sp³-hybridized carbons (Fsp3) is 0.389. The van der Waals surface area contributed by atoms with Gasteiger partial charge in [-0.15, -0.1) is 0 Å². The summed E-state index contributed by atoms with van der Waals surface area (Å²) in [4.78, 5) is 6.66. The number of nitrogens with one attached hydrogen (secondary N) is 1. The molecule has 2 aromatic rings. The van der Waals surface area contributed by atoms with Crippen LogP contribution in [0.2, 0.25) is 0 Å². The summed E-state index contributed by atoms with van der Waals surface area (Å²) in [6, 6.07) is 14.3. The van der Waals surface area contributed by atoms with Crippen molar-refractivity contribution in [3.63, 3.8) is 0 Å². The second-order valence-electron chi connectivity index (χ2n) is 6.40. The van der Waals surface area contributed by atoms with Gasteiger partial charge in [-0.05, 0) is 42.9 Å². The van der Waals surface area contributed by atoms with Crippen molar-refractivity contribution in [1.29, 1.82) is 0 Å². The average Bonchev–Trinajstić information content (AvgIpc) is 2.56. The van der Waals surface area contributed by atoms with E-state index in [1.165, 1.54) is 5.56 Å². The highest BCUT2D eigenvalue weighted by Crippen LogP contribution is 2.25. The van der Waals surface area contributed by atoms with Crippen LogP contribution in [0.5, 0.6) is 0 Å². The van der Waals surface area contributed by atoms with Crippen molar-refractivity contribution in [2.24, 2.45) is 5.92 Å². The molecule has 0 bridgehead atoms. The summed E-state index contributed by atoms with van der Waals surface area (Å²) in [6.07, 6.45) is 6.16. The lowest BCUT2D eigenvalue weighted by Gasteiger charge is -2.33. The molecule has 24 heavy (non-hydrogen) atoms. The quantitative estimate of drug-likeness (QED) is 0.905. The van der Waals surface area contributed by atoms with Crippen molar-refractivity contribution in [1.82, 2.24) is 4.98 Å². The lowest BCUT2D eigenvalue weighted by atomic mass is 9.90. The molecule has 0 spiro atoms. The largest absolute Gasteiger partial charge is 0.357 e. The Morgan fingerprint density at radius 3 is 2.42 bits per heavy atom. The van der Waals surface area contributed by atoms with Gasteiger partial charge < -0.3 is 4.90 Å². The molecule has 2 heterocycles. The van der Waals surface area contributed by atoms with Crippen LogP contribution in [-0.4, -0.2) is 32.7 Å². The van der Waals surface area contributed by atoms with E-state index in [2.05, 4.69) is 44.9 Å². The molecular formula is C18H23N3O2S. The molecule has 1 aliphatic heterocycles. The van der Waals surface area contributed by atoms with Crippen LogP contribution in [0, 0.1) is 5.92 Å². The molecule has 1 N–H and O–H groups in total. The molecule has 1 aliphatic rings. The molecule has 3 rings (SSSR count). The highest BCUT2D eigenvalue weighted by molar-refractivity contribution is 7.92. The van der Waals surface area contributed by atoms with E-state index < -0.39 is 10.0 Å². The van der Waals surface area contributed by atoms with E-state index in [4.69, 9.17) is 0 Å². The zero-order chi connectivity index (χ0) is 17.0. The number of aromatic nitrogens is 1. The minimum absolute atomic E-state index is 0.500. The van der Waals surface area contributed by atoms with Gasteiger partial charge in [0.1, 0.15) is 5.82 Å². The van der Waals surface area contributed by atoms with Gasteiger partial charge in [-0.2, -0.15) is 0 Å². The number of rotatable bonds is 5. The van der Waals surface area contributed by atoms with Crippen molar-refractivity contribution in [3.05, 3.63) is 54.2 Å². The first-order chi connectivity index (χ1) is 11.5. The highest BCUT2D eigenvalue weighted by atomic mass is 32.2. The Bertz CT molecular complexity index is 753. The maximum atomic E-state index is 11.2. The van der Waals surface area contributed by atoms with E-state index in [1.807, 2.05) is 6.07 Å². The van der Waals surface area contributed by atoms with E-state index in [9.17, 15) is 8.42 Å². The van der Waals surface area contributed by atoms with E-state index in [0.29, 0.717) is 5.69 Å². The van der Waals surface area contributed by atoms with Gasteiger partial charge >= 0.3 is 0 Å². The van der Waals surface area contributed by atoms with Crippen molar-refractivity contribution in [3.8, 4) is 0 Å². The van der Waals surface area contributed by atoms with Crippen LogP contribution in [0.15, 0.2) is 48.7 Å². The zero-order valence-electron chi connectivity index (χ0n) is 13.9. The van der Waals surface area contributed by atoms with Gasteiger partial charge in [-0.1, -0.05) is 30.3 Å². The van der Waals surface area contributed by atoms with Gasteiger partial charge in [0.15, 0.2) is 0 Å². The average molecular weight is 345 g/mol. The van der Waals surface area contributed by atoms with Crippen molar-refractivity contribution in [2.45, 2.75) is 19.3 Å². The maximum absolute atomic E-state index is 11.2. The van der Waals surface area contributed by atoms with Crippen LogP contribution < -0.4 is 9.62 Å². The van der Waals surface area contributed by atoms with E-state index >= 15 is 0 Å². The molecule has 6 heteroatoms. The smallest absolute Gasteiger partial charge is 0.229 e. The second kappa shape index (κ2) is 7.21. The standard InChI is InChI=1S/C18H23N3O2S/c1-24(22,23)20-17-7-8-18(19-14-17)21-11-9-16(10-12-21)13-15-5-3-2-4-6-15/h2-8,14,16,20H,9-13H2,1H3.